The van der Waals surface area contributed by atoms with Crippen molar-refractivity contribution in [1.29, 1.82) is 0 Å². The molecule has 0 radical (unpaired) electrons. The number of amides is 4. The molecule has 1 aromatic heterocycles. The lowest BCUT2D eigenvalue weighted by atomic mass is 10.2. The third-order valence-electron chi connectivity index (χ3n) is 6.12. The van der Waals surface area contributed by atoms with E-state index in [2.05, 4.69) is 15.6 Å². The molecule has 1 aliphatic heterocycles. The standard InChI is InChI=1S/C27H25N5O7/c1-16(34)31-13-21(30-26(38)20-11-10-17-6-2-3-7-19(17)29-20)27(39)32(23-9-5-4-8-22(23)31)14-24(35)28-18(15-33)12-25(36)37/h2-11,15,18,21H,12-14H2,1H3,(H,28,35)(H,30,38)(H,36,37)/t18-,21-/m0/s1. The number of carboxylic acids is 1. The third-order valence-corrected chi connectivity index (χ3v) is 6.12. The number of aldehydes is 1. The number of nitrogens with one attached hydrogen (secondary N) is 2. The number of para-hydroxylation sites is 3. The summed E-state index contributed by atoms with van der Waals surface area (Å²) in [4.78, 5) is 81.2. The summed E-state index contributed by atoms with van der Waals surface area (Å²) >= 11 is 0. The molecule has 39 heavy (non-hydrogen) atoms. The Morgan fingerprint density at radius 3 is 2.44 bits per heavy atom. The van der Waals surface area contributed by atoms with Crippen molar-refractivity contribution in [3.05, 3.63) is 66.4 Å². The zero-order valence-electron chi connectivity index (χ0n) is 20.9. The highest BCUT2D eigenvalue weighted by molar-refractivity contribution is 6.10. The molecule has 200 valence electrons. The van der Waals surface area contributed by atoms with Crippen LogP contribution in [0.4, 0.5) is 11.4 Å². The van der Waals surface area contributed by atoms with Gasteiger partial charge in [0.15, 0.2) is 0 Å². The summed E-state index contributed by atoms with van der Waals surface area (Å²) in [5, 5.41) is 14.7. The van der Waals surface area contributed by atoms with Crippen molar-refractivity contribution in [1.82, 2.24) is 15.6 Å². The van der Waals surface area contributed by atoms with Crippen LogP contribution >= 0.6 is 0 Å². The summed E-state index contributed by atoms with van der Waals surface area (Å²) in [5.74, 6) is -3.82. The van der Waals surface area contributed by atoms with Gasteiger partial charge in [-0.1, -0.05) is 36.4 Å². The summed E-state index contributed by atoms with van der Waals surface area (Å²) in [7, 11) is 0. The average Bonchev–Trinajstić information content (AvgIpc) is 3.02. The zero-order chi connectivity index (χ0) is 28.1. The molecule has 12 nitrogen and oxygen atoms in total. The minimum Gasteiger partial charge on any atom is -0.481 e. The SMILES string of the molecule is CC(=O)N1C[C@H](NC(=O)c2ccc3ccccc3n2)C(=O)N(CC(=O)N[C@H](C=O)CC(=O)O)c2ccccc21. The number of anilines is 2. The monoisotopic (exact) mass is 531 g/mol. The Balaban J connectivity index is 1.64. The summed E-state index contributed by atoms with van der Waals surface area (Å²) in [6.07, 6.45) is -0.337. The second kappa shape index (κ2) is 11.5. The van der Waals surface area contributed by atoms with Gasteiger partial charge in [-0.15, -0.1) is 0 Å². The van der Waals surface area contributed by atoms with E-state index in [9.17, 15) is 28.8 Å². The molecule has 4 rings (SSSR count). The van der Waals surface area contributed by atoms with Gasteiger partial charge >= 0.3 is 5.97 Å². The second-order valence-electron chi connectivity index (χ2n) is 8.87. The number of pyridine rings is 1. The Morgan fingerprint density at radius 2 is 1.74 bits per heavy atom. The number of hydrogen-bond donors (Lipinski definition) is 3. The van der Waals surface area contributed by atoms with Crippen LogP contribution < -0.4 is 20.4 Å². The molecule has 4 amide bonds. The maximum atomic E-state index is 13.7. The number of rotatable bonds is 8. The van der Waals surface area contributed by atoms with Gasteiger partial charge in [0.2, 0.25) is 11.8 Å². The molecule has 0 aliphatic carbocycles. The lowest BCUT2D eigenvalue weighted by Crippen LogP contribution is -2.54. The van der Waals surface area contributed by atoms with Gasteiger partial charge in [0.25, 0.3) is 11.8 Å². The molecule has 0 bridgehead atoms. The van der Waals surface area contributed by atoms with Crippen molar-refractivity contribution >= 4 is 58.2 Å². The van der Waals surface area contributed by atoms with Gasteiger partial charge < -0.3 is 25.4 Å². The van der Waals surface area contributed by atoms with E-state index in [1.54, 1.807) is 42.5 Å². The Kier molecular flexibility index (Phi) is 7.94. The number of hydrogen-bond acceptors (Lipinski definition) is 7. The lowest BCUT2D eigenvalue weighted by Gasteiger charge is -2.25. The summed E-state index contributed by atoms with van der Waals surface area (Å²) in [5.41, 5.74) is 1.21. The molecular weight excluding hydrogens is 506 g/mol. The van der Waals surface area contributed by atoms with Gasteiger partial charge in [0.05, 0.1) is 35.9 Å². The number of fused-ring (bicyclic) bond motifs is 2. The lowest BCUT2D eigenvalue weighted by molar-refractivity contribution is -0.139. The average molecular weight is 532 g/mol. The largest absolute Gasteiger partial charge is 0.481 e. The van der Waals surface area contributed by atoms with Crippen LogP contribution in [0.5, 0.6) is 0 Å². The van der Waals surface area contributed by atoms with Gasteiger partial charge in [-0.2, -0.15) is 0 Å². The van der Waals surface area contributed by atoms with Crippen molar-refractivity contribution in [3.63, 3.8) is 0 Å². The third kappa shape index (κ3) is 6.06. The van der Waals surface area contributed by atoms with Crippen LogP contribution in [0.2, 0.25) is 0 Å². The topological polar surface area (TPSA) is 166 Å². The zero-order valence-corrected chi connectivity index (χ0v) is 20.9. The van der Waals surface area contributed by atoms with E-state index >= 15 is 0 Å². The fourth-order valence-corrected chi connectivity index (χ4v) is 4.30. The molecule has 1 aliphatic rings. The van der Waals surface area contributed by atoms with Gasteiger partial charge in [0, 0.05) is 12.3 Å². The van der Waals surface area contributed by atoms with Gasteiger partial charge in [-0.3, -0.25) is 28.9 Å². The predicted octanol–water partition coefficient (Wildman–Crippen LogP) is 0.891. The highest BCUT2D eigenvalue weighted by Gasteiger charge is 2.37. The first-order valence-electron chi connectivity index (χ1n) is 12.0. The molecule has 0 fully saturated rings. The first-order valence-corrected chi connectivity index (χ1v) is 12.0. The highest BCUT2D eigenvalue weighted by atomic mass is 16.4. The minimum absolute atomic E-state index is 0.0597. The van der Waals surface area contributed by atoms with Crippen LogP contribution in [0.1, 0.15) is 23.8 Å². The quantitative estimate of drug-likeness (QED) is 0.361. The Bertz CT molecular complexity index is 1470. The molecule has 0 spiro atoms. The number of carbonyl (C=O) groups excluding carboxylic acids is 5. The molecule has 3 aromatic rings. The van der Waals surface area contributed by atoms with E-state index < -0.39 is 54.6 Å². The van der Waals surface area contributed by atoms with E-state index in [1.165, 1.54) is 17.9 Å². The number of nitrogens with zero attached hydrogens (tertiary/aromatic N) is 3. The molecule has 0 saturated heterocycles. The minimum atomic E-state index is -1.30. The number of carboxylic acid groups (broad SMARTS) is 1. The fraction of sp³-hybridized carbons (Fsp3) is 0.222. The van der Waals surface area contributed by atoms with Crippen molar-refractivity contribution < 1.29 is 33.9 Å². The van der Waals surface area contributed by atoms with E-state index in [1.807, 2.05) is 12.1 Å². The second-order valence-corrected chi connectivity index (χ2v) is 8.87. The van der Waals surface area contributed by atoms with E-state index in [4.69, 9.17) is 5.11 Å². The number of carbonyl (C=O) groups is 6. The van der Waals surface area contributed by atoms with E-state index in [0.717, 1.165) is 10.3 Å². The van der Waals surface area contributed by atoms with E-state index in [-0.39, 0.29) is 17.9 Å². The molecule has 2 heterocycles. The van der Waals surface area contributed by atoms with Crippen LogP contribution in [-0.2, 0) is 24.0 Å². The van der Waals surface area contributed by atoms with Crippen LogP contribution in [0.25, 0.3) is 10.9 Å². The number of benzene rings is 2. The first-order chi connectivity index (χ1) is 18.7. The van der Waals surface area contributed by atoms with Crippen LogP contribution in [0, 0.1) is 0 Å². The van der Waals surface area contributed by atoms with Crippen LogP contribution in [0.3, 0.4) is 0 Å². The van der Waals surface area contributed by atoms with Crippen molar-refractivity contribution in [2.45, 2.75) is 25.4 Å². The summed E-state index contributed by atoms with van der Waals surface area (Å²) < 4.78 is 0. The molecule has 0 saturated carbocycles. The van der Waals surface area contributed by atoms with Gasteiger partial charge in [-0.25, -0.2) is 4.98 Å². The van der Waals surface area contributed by atoms with Crippen molar-refractivity contribution in [2.24, 2.45) is 0 Å². The molecule has 2 atom stereocenters. The normalized spacial score (nSPS) is 15.6. The Morgan fingerprint density at radius 1 is 1.05 bits per heavy atom. The van der Waals surface area contributed by atoms with E-state index in [0.29, 0.717) is 17.5 Å². The molecule has 2 aromatic carbocycles. The van der Waals surface area contributed by atoms with Crippen molar-refractivity contribution in [3.8, 4) is 0 Å². The Labute approximate surface area is 222 Å². The smallest absolute Gasteiger partial charge is 0.305 e. The highest BCUT2D eigenvalue weighted by Crippen LogP contribution is 2.33. The summed E-state index contributed by atoms with van der Waals surface area (Å²) in [6.45, 7) is 0.513. The fourth-order valence-electron chi connectivity index (χ4n) is 4.30. The maximum absolute atomic E-state index is 13.7. The molecular formula is C27H25N5O7. The maximum Gasteiger partial charge on any atom is 0.305 e. The van der Waals surface area contributed by atoms with Gasteiger partial charge in [-0.05, 0) is 24.3 Å². The molecule has 0 unspecified atom stereocenters. The first kappa shape index (κ1) is 26.9. The number of aliphatic carboxylic acids is 1. The molecule has 3 N–H and O–H groups in total. The van der Waals surface area contributed by atoms with Crippen LogP contribution in [-0.4, -0.2) is 71.1 Å². The summed E-state index contributed by atoms with van der Waals surface area (Å²) in [6, 6.07) is 14.3. The van der Waals surface area contributed by atoms with Crippen molar-refractivity contribution in [2.75, 3.05) is 22.9 Å². The predicted molar refractivity (Wildman–Crippen MR) is 140 cm³/mol. The number of aromatic nitrogens is 1. The van der Waals surface area contributed by atoms with Crippen LogP contribution in [0.15, 0.2) is 60.7 Å². The molecule has 12 heteroatoms. The van der Waals surface area contributed by atoms with Gasteiger partial charge in [0.1, 0.15) is 24.6 Å². The Hall–Kier alpha value is -5.13.